The molecule has 110 valence electrons. The van der Waals surface area contributed by atoms with E-state index in [9.17, 15) is 10.1 Å². The van der Waals surface area contributed by atoms with Gasteiger partial charge in [-0.25, -0.2) is 0 Å². The maximum absolute atomic E-state index is 10.9. The van der Waals surface area contributed by atoms with E-state index < -0.39 is 0 Å². The van der Waals surface area contributed by atoms with Crippen molar-refractivity contribution in [3.8, 4) is 0 Å². The zero-order valence-electron chi connectivity index (χ0n) is 11.7. The lowest BCUT2D eigenvalue weighted by Gasteiger charge is -2.34. The molecule has 7 nitrogen and oxygen atoms in total. The topological polar surface area (TPSA) is 87.7 Å². The lowest BCUT2D eigenvalue weighted by atomic mass is 10.1. The van der Waals surface area contributed by atoms with Crippen LogP contribution in [0, 0.1) is 10.1 Å². The Morgan fingerprint density at radius 1 is 1.30 bits per heavy atom. The molecule has 1 aliphatic rings. The molecule has 1 saturated heterocycles. The number of non-ortho nitro benzene ring substituents is 1. The molecule has 1 aromatic rings. The number of nitro benzene ring substituents is 1. The molecule has 0 bridgehead atoms. The summed E-state index contributed by atoms with van der Waals surface area (Å²) in [6.45, 7) is 7.93. The van der Waals surface area contributed by atoms with E-state index in [1.807, 2.05) is 0 Å². The molecule has 1 aliphatic heterocycles. The van der Waals surface area contributed by atoms with Gasteiger partial charge in [-0.05, 0) is 18.2 Å². The molecular weight excluding hydrogens is 258 g/mol. The zero-order valence-corrected chi connectivity index (χ0v) is 11.7. The SMILES string of the molecule is CCN1CCN(Cc2cc([N+](=O)[O-])ccc2NN)CC1. The van der Waals surface area contributed by atoms with Crippen molar-refractivity contribution in [3.05, 3.63) is 33.9 Å². The Hall–Kier alpha value is -1.70. The van der Waals surface area contributed by atoms with Gasteiger partial charge in [0.2, 0.25) is 0 Å². The number of hydrogen-bond donors (Lipinski definition) is 2. The monoisotopic (exact) mass is 279 g/mol. The van der Waals surface area contributed by atoms with Crippen LogP contribution in [0.5, 0.6) is 0 Å². The van der Waals surface area contributed by atoms with Crippen LogP contribution in [0.1, 0.15) is 12.5 Å². The predicted octanol–water partition coefficient (Wildman–Crippen LogP) is 1.02. The third-order valence-corrected chi connectivity index (χ3v) is 3.76. The molecule has 1 aromatic carbocycles. The number of benzene rings is 1. The summed E-state index contributed by atoms with van der Waals surface area (Å²) in [6.07, 6.45) is 0. The lowest BCUT2D eigenvalue weighted by Crippen LogP contribution is -2.45. The van der Waals surface area contributed by atoms with Crippen LogP contribution in [-0.4, -0.2) is 47.4 Å². The van der Waals surface area contributed by atoms with Crippen molar-refractivity contribution in [2.24, 2.45) is 5.84 Å². The Bertz CT molecular complexity index is 472. The van der Waals surface area contributed by atoms with E-state index in [0.717, 1.165) is 44.0 Å². The van der Waals surface area contributed by atoms with E-state index in [4.69, 9.17) is 5.84 Å². The fourth-order valence-electron chi connectivity index (χ4n) is 2.47. The molecular formula is C13H21N5O2. The number of piperazine rings is 1. The van der Waals surface area contributed by atoms with Crippen molar-refractivity contribution in [1.29, 1.82) is 0 Å². The van der Waals surface area contributed by atoms with Crippen molar-refractivity contribution >= 4 is 11.4 Å². The van der Waals surface area contributed by atoms with Gasteiger partial charge in [0, 0.05) is 44.9 Å². The molecule has 1 fully saturated rings. The third-order valence-electron chi connectivity index (χ3n) is 3.76. The number of nitrogens with zero attached hydrogens (tertiary/aromatic N) is 3. The first-order chi connectivity index (χ1) is 9.63. The fourth-order valence-corrected chi connectivity index (χ4v) is 2.47. The maximum atomic E-state index is 10.9. The summed E-state index contributed by atoms with van der Waals surface area (Å²) in [5, 5.41) is 10.9. The fraction of sp³-hybridized carbons (Fsp3) is 0.538. The van der Waals surface area contributed by atoms with E-state index in [1.165, 1.54) is 6.07 Å². The Morgan fingerprint density at radius 2 is 1.95 bits per heavy atom. The first kappa shape index (κ1) is 14.7. The summed E-state index contributed by atoms with van der Waals surface area (Å²) in [5.74, 6) is 5.48. The molecule has 2 rings (SSSR count). The maximum Gasteiger partial charge on any atom is 0.269 e. The van der Waals surface area contributed by atoms with Crippen LogP contribution < -0.4 is 11.3 Å². The second-order valence-corrected chi connectivity index (χ2v) is 4.95. The van der Waals surface area contributed by atoms with Gasteiger partial charge in [0.25, 0.3) is 5.69 Å². The highest BCUT2D eigenvalue weighted by Crippen LogP contribution is 2.23. The minimum atomic E-state index is -0.376. The molecule has 20 heavy (non-hydrogen) atoms. The quantitative estimate of drug-likeness (QED) is 0.475. The summed E-state index contributed by atoms with van der Waals surface area (Å²) in [7, 11) is 0. The van der Waals surface area contributed by atoms with E-state index in [-0.39, 0.29) is 10.6 Å². The first-order valence-electron chi connectivity index (χ1n) is 6.82. The van der Waals surface area contributed by atoms with Crippen LogP contribution in [0.2, 0.25) is 0 Å². The highest BCUT2D eigenvalue weighted by atomic mass is 16.6. The van der Waals surface area contributed by atoms with Gasteiger partial charge in [-0.15, -0.1) is 0 Å². The van der Waals surface area contributed by atoms with Crippen LogP contribution in [0.15, 0.2) is 18.2 Å². The molecule has 3 N–H and O–H groups in total. The van der Waals surface area contributed by atoms with E-state index in [2.05, 4.69) is 22.1 Å². The number of nitro groups is 1. The number of hydrogen-bond acceptors (Lipinski definition) is 6. The van der Waals surface area contributed by atoms with Crippen molar-refractivity contribution in [1.82, 2.24) is 9.80 Å². The Morgan fingerprint density at radius 3 is 2.50 bits per heavy atom. The van der Waals surface area contributed by atoms with E-state index in [0.29, 0.717) is 6.54 Å². The van der Waals surface area contributed by atoms with Crippen molar-refractivity contribution in [3.63, 3.8) is 0 Å². The molecule has 7 heteroatoms. The summed E-state index contributed by atoms with van der Waals surface area (Å²) < 4.78 is 0. The van der Waals surface area contributed by atoms with Crippen molar-refractivity contribution in [2.45, 2.75) is 13.5 Å². The standard InChI is InChI=1S/C13H21N5O2/c1-2-16-5-7-17(8-6-16)10-11-9-12(18(19)20)3-4-13(11)15-14/h3-4,9,15H,2,5-8,10,14H2,1H3. The number of nitrogens with two attached hydrogens (primary N) is 1. The summed E-state index contributed by atoms with van der Waals surface area (Å²) in [6, 6.07) is 4.73. The van der Waals surface area contributed by atoms with Crippen molar-refractivity contribution < 1.29 is 4.92 Å². The Labute approximate surface area is 118 Å². The zero-order chi connectivity index (χ0) is 14.5. The van der Waals surface area contributed by atoms with E-state index >= 15 is 0 Å². The lowest BCUT2D eigenvalue weighted by molar-refractivity contribution is -0.384. The summed E-state index contributed by atoms with van der Waals surface area (Å²) >= 11 is 0. The van der Waals surface area contributed by atoms with Gasteiger partial charge in [0.05, 0.1) is 10.6 Å². The average molecular weight is 279 g/mol. The van der Waals surface area contributed by atoms with Gasteiger partial charge in [0.1, 0.15) is 0 Å². The van der Waals surface area contributed by atoms with E-state index in [1.54, 1.807) is 12.1 Å². The van der Waals surface area contributed by atoms with Gasteiger partial charge in [0.15, 0.2) is 0 Å². The number of nitrogens with one attached hydrogen (secondary N) is 1. The smallest absolute Gasteiger partial charge is 0.269 e. The molecule has 0 unspecified atom stereocenters. The first-order valence-corrected chi connectivity index (χ1v) is 6.82. The van der Waals surface area contributed by atoms with Crippen molar-refractivity contribution in [2.75, 3.05) is 38.1 Å². The van der Waals surface area contributed by atoms with Gasteiger partial charge in [-0.3, -0.25) is 20.9 Å². The largest absolute Gasteiger partial charge is 0.324 e. The number of likely N-dealkylation sites (N-methyl/N-ethyl adjacent to an activating group) is 1. The van der Waals surface area contributed by atoms with Gasteiger partial charge < -0.3 is 10.3 Å². The second kappa shape index (κ2) is 6.65. The number of nitrogen functional groups attached to an aromatic ring is 1. The van der Waals surface area contributed by atoms with Gasteiger partial charge >= 0.3 is 0 Å². The average Bonchev–Trinajstić information content (AvgIpc) is 2.48. The highest BCUT2D eigenvalue weighted by molar-refractivity contribution is 5.55. The molecule has 0 aromatic heterocycles. The summed E-state index contributed by atoms with van der Waals surface area (Å²) in [5.41, 5.74) is 4.33. The van der Waals surface area contributed by atoms with Gasteiger partial charge in [-0.2, -0.15) is 0 Å². The molecule has 0 atom stereocenters. The molecule has 0 aliphatic carbocycles. The molecule has 0 spiro atoms. The molecule has 0 saturated carbocycles. The number of rotatable bonds is 5. The highest BCUT2D eigenvalue weighted by Gasteiger charge is 2.18. The normalized spacial score (nSPS) is 17.1. The Kier molecular flexibility index (Phi) is 4.89. The van der Waals surface area contributed by atoms with Crippen LogP contribution in [-0.2, 0) is 6.54 Å². The van der Waals surface area contributed by atoms with Crippen LogP contribution >= 0.6 is 0 Å². The molecule has 1 heterocycles. The molecule has 0 radical (unpaired) electrons. The number of anilines is 1. The minimum Gasteiger partial charge on any atom is -0.324 e. The summed E-state index contributed by atoms with van der Waals surface area (Å²) in [4.78, 5) is 15.2. The van der Waals surface area contributed by atoms with Gasteiger partial charge in [-0.1, -0.05) is 6.92 Å². The Balaban J connectivity index is 2.08. The van der Waals surface area contributed by atoms with Crippen LogP contribution in [0.3, 0.4) is 0 Å². The third kappa shape index (κ3) is 3.44. The van der Waals surface area contributed by atoms with Crippen LogP contribution in [0.4, 0.5) is 11.4 Å². The van der Waals surface area contributed by atoms with Crippen LogP contribution in [0.25, 0.3) is 0 Å². The predicted molar refractivity (Wildman–Crippen MR) is 78.3 cm³/mol. The minimum absolute atomic E-state index is 0.103. The second-order valence-electron chi connectivity index (χ2n) is 4.95. The number of hydrazine groups is 1. The molecule has 0 amide bonds.